The van der Waals surface area contributed by atoms with Gasteiger partial charge in [0, 0.05) is 6.04 Å². The second-order valence-electron chi connectivity index (χ2n) is 4.25. The van der Waals surface area contributed by atoms with Crippen LogP contribution < -0.4 is 11.1 Å². The third kappa shape index (κ3) is 5.83. The van der Waals surface area contributed by atoms with Crippen LogP contribution in [0, 0.1) is 5.82 Å². The van der Waals surface area contributed by atoms with Crippen LogP contribution in [0.3, 0.4) is 0 Å². The zero-order valence-corrected chi connectivity index (χ0v) is 9.88. The number of hydrogen-bond acceptors (Lipinski definition) is 2. The molecule has 1 unspecified atom stereocenters. The first-order chi connectivity index (χ1) is 7.68. The Labute approximate surface area is 97.0 Å². The van der Waals surface area contributed by atoms with E-state index in [0.717, 1.165) is 32.4 Å². The Morgan fingerprint density at radius 2 is 1.94 bits per heavy atom. The molecular formula is C13H21FN2. The molecule has 0 radical (unpaired) electrons. The summed E-state index contributed by atoms with van der Waals surface area (Å²) in [6, 6.07) is 6.97. The number of nitrogens with two attached hydrogens (primary N) is 1. The fourth-order valence-corrected chi connectivity index (χ4v) is 1.56. The number of halogens is 1. The molecule has 2 nitrogen and oxygen atoms in total. The number of benzene rings is 1. The van der Waals surface area contributed by atoms with Crippen molar-refractivity contribution in [1.29, 1.82) is 0 Å². The molecule has 1 aromatic carbocycles. The van der Waals surface area contributed by atoms with Gasteiger partial charge in [0.05, 0.1) is 0 Å². The molecule has 0 saturated carbocycles. The average molecular weight is 224 g/mol. The van der Waals surface area contributed by atoms with Gasteiger partial charge in [-0.05, 0) is 57.0 Å². The van der Waals surface area contributed by atoms with Crippen LogP contribution in [0.15, 0.2) is 24.3 Å². The minimum absolute atomic E-state index is 0.173. The minimum atomic E-state index is -0.173. The molecule has 3 heteroatoms. The molecule has 0 aromatic heterocycles. The Kier molecular flexibility index (Phi) is 6.04. The highest BCUT2D eigenvalue weighted by Gasteiger charge is 1.95. The molecule has 0 aliphatic carbocycles. The van der Waals surface area contributed by atoms with Crippen LogP contribution in [-0.2, 0) is 6.42 Å². The highest BCUT2D eigenvalue weighted by Crippen LogP contribution is 2.02. The van der Waals surface area contributed by atoms with Gasteiger partial charge in [-0.3, -0.25) is 0 Å². The zero-order valence-electron chi connectivity index (χ0n) is 9.88. The van der Waals surface area contributed by atoms with Gasteiger partial charge in [-0.2, -0.15) is 0 Å². The van der Waals surface area contributed by atoms with E-state index in [0.29, 0.717) is 6.04 Å². The van der Waals surface area contributed by atoms with Gasteiger partial charge in [0.1, 0.15) is 5.82 Å². The Bertz CT molecular complexity index is 282. The largest absolute Gasteiger partial charge is 0.328 e. The van der Waals surface area contributed by atoms with E-state index in [-0.39, 0.29) is 5.82 Å². The molecule has 16 heavy (non-hydrogen) atoms. The lowest BCUT2D eigenvalue weighted by Crippen LogP contribution is -2.21. The van der Waals surface area contributed by atoms with Crippen molar-refractivity contribution in [2.45, 2.75) is 32.2 Å². The lowest BCUT2D eigenvalue weighted by atomic mass is 10.1. The fourth-order valence-electron chi connectivity index (χ4n) is 1.56. The molecule has 0 spiro atoms. The van der Waals surface area contributed by atoms with E-state index < -0.39 is 0 Å². The third-order valence-electron chi connectivity index (χ3n) is 2.52. The molecule has 1 rings (SSSR count). The van der Waals surface area contributed by atoms with Crippen LogP contribution in [0.2, 0.25) is 0 Å². The second-order valence-corrected chi connectivity index (χ2v) is 4.25. The summed E-state index contributed by atoms with van der Waals surface area (Å²) >= 11 is 0. The molecule has 1 atom stereocenters. The molecule has 3 N–H and O–H groups in total. The van der Waals surface area contributed by atoms with E-state index in [2.05, 4.69) is 5.32 Å². The first-order valence-electron chi connectivity index (χ1n) is 5.89. The van der Waals surface area contributed by atoms with Gasteiger partial charge < -0.3 is 11.1 Å². The Morgan fingerprint density at radius 3 is 2.56 bits per heavy atom. The van der Waals surface area contributed by atoms with Crippen molar-refractivity contribution in [3.05, 3.63) is 35.6 Å². The molecule has 90 valence electrons. The summed E-state index contributed by atoms with van der Waals surface area (Å²) < 4.78 is 12.6. The molecule has 0 aliphatic rings. The van der Waals surface area contributed by atoms with Gasteiger partial charge in [0.25, 0.3) is 0 Å². The standard InChI is InChI=1S/C13H21FN2/c1-11(15)3-2-9-16-10-8-12-4-6-13(14)7-5-12/h4-7,11,16H,2-3,8-10,15H2,1H3. The van der Waals surface area contributed by atoms with E-state index in [4.69, 9.17) is 5.73 Å². The molecule has 0 aliphatic heterocycles. The van der Waals surface area contributed by atoms with E-state index in [1.165, 1.54) is 17.7 Å². The van der Waals surface area contributed by atoms with Crippen LogP contribution in [0.25, 0.3) is 0 Å². The molecule has 0 saturated heterocycles. The van der Waals surface area contributed by atoms with Crippen molar-refractivity contribution in [2.75, 3.05) is 13.1 Å². The summed E-state index contributed by atoms with van der Waals surface area (Å²) in [7, 11) is 0. The lowest BCUT2D eigenvalue weighted by molar-refractivity contribution is 0.575. The average Bonchev–Trinajstić information content (AvgIpc) is 2.25. The summed E-state index contributed by atoms with van der Waals surface area (Å²) in [5.41, 5.74) is 6.82. The summed E-state index contributed by atoms with van der Waals surface area (Å²) in [6.07, 6.45) is 3.11. The van der Waals surface area contributed by atoms with Gasteiger partial charge in [0.15, 0.2) is 0 Å². The molecular weight excluding hydrogens is 203 g/mol. The summed E-state index contributed by atoms with van der Waals surface area (Å²) in [6.45, 7) is 3.96. The van der Waals surface area contributed by atoms with Crippen LogP contribution in [0.1, 0.15) is 25.3 Å². The first-order valence-corrected chi connectivity index (χ1v) is 5.89. The normalized spacial score (nSPS) is 12.7. The third-order valence-corrected chi connectivity index (χ3v) is 2.52. The number of hydrogen-bond donors (Lipinski definition) is 2. The van der Waals surface area contributed by atoms with Crippen LogP contribution in [0.5, 0.6) is 0 Å². The van der Waals surface area contributed by atoms with Crippen molar-refractivity contribution in [2.24, 2.45) is 5.73 Å². The van der Waals surface area contributed by atoms with Crippen molar-refractivity contribution < 1.29 is 4.39 Å². The van der Waals surface area contributed by atoms with E-state index in [1.807, 2.05) is 19.1 Å². The van der Waals surface area contributed by atoms with Crippen LogP contribution in [0.4, 0.5) is 4.39 Å². The smallest absolute Gasteiger partial charge is 0.123 e. The zero-order chi connectivity index (χ0) is 11.8. The molecule has 0 fully saturated rings. The second kappa shape index (κ2) is 7.36. The lowest BCUT2D eigenvalue weighted by Gasteiger charge is -2.06. The monoisotopic (exact) mass is 224 g/mol. The van der Waals surface area contributed by atoms with E-state index in [9.17, 15) is 4.39 Å². The predicted octanol–water partition coefficient (Wildman–Crippen LogP) is 2.09. The Morgan fingerprint density at radius 1 is 1.25 bits per heavy atom. The molecule has 0 bridgehead atoms. The SMILES string of the molecule is CC(N)CCCNCCc1ccc(F)cc1. The van der Waals surface area contributed by atoms with Crippen molar-refractivity contribution in [3.8, 4) is 0 Å². The van der Waals surface area contributed by atoms with Crippen molar-refractivity contribution >= 4 is 0 Å². The van der Waals surface area contributed by atoms with Crippen molar-refractivity contribution in [1.82, 2.24) is 5.32 Å². The highest BCUT2D eigenvalue weighted by atomic mass is 19.1. The predicted molar refractivity (Wildman–Crippen MR) is 65.9 cm³/mol. The number of nitrogens with one attached hydrogen (secondary N) is 1. The fraction of sp³-hybridized carbons (Fsp3) is 0.538. The van der Waals surface area contributed by atoms with Crippen LogP contribution >= 0.6 is 0 Å². The maximum absolute atomic E-state index is 12.6. The summed E-state index contributed by atoms with van der Waals surface area (Å²) in [5, 5.41) is 3.35. The highest BCUT2D eigenvalue weighted by molar-refractivity contribution is 5.16. The number of rotatable bonds is 7. The maximum atomic E-state index is 12.6. The summed E-state index contributed by atoms with van der Waals surface area (Å²) in [4.78, 5) is 0. The molecule has 1 aromatic rings. The van der Waals surface area contributed by atoms with Gasteiger partial charge in [-0.1, -0.05) is 12.1 Å². The summed E-state index contributed by atoms with van der Waals surface area (Å²) in [5.74, 6) is -0.173. The van der Waals surface area contributed by atoms with E-state index in [1.54, 1.807) is 0 Å². The van der Waals surface area contributed by atoms with Gasteiger partial charge in [-0.15, -0.1) is 0 Å². The quantitative estimate of drug-likeness (QED) is 0.696. The van der Waals surface area contributed by atoms with Gasteiger partial charge in [0.2, 0.25) is 0 Å². The van der Waals surface area contributed by atoms with Gasteiger partial charge in [-0.25, -0.2) is 4.39 Å². The molecule has 0 amide bonds. The Balaban J connectivity index is 2.05. The van der Waals surface area contributed by atoms with Crippen molar-refractivity contribution in [3.63, 3.8) is 0 Å². The van der Waals surface area contributed by atoms with E-state index >= 15 is 0 Å². The Hall–Kier alpha value is -0.930. The minimum Gasteiger partial charge on any atom is -0.328 e. The topological polar surface area (TPSA) is 38.0 Å². The first kappa shape index (κ1) is 13.1. The van der Waals surface area contributed by atoms with Crippen LogP contribution in [-0.4, -0.2) is 19.1 Å². The molecule has 0 heterocycles. The maximum Gasteiger partial charge on any atom is 0.123 e. The van der Waals surface area contributed by atoms with Gasteiger partial charge >= 0.3 is 0 Å².